The van der Waals surface area contributed by atoms with E-state index in [9.17, 15) is 14.3 Å². The van der Waals surface area contributed by atoms with Gasteiger partial charge in [0.05, 0.1) is 12.2 Å². The van der Waals surface area contributed by atoms with Crippen LogP contribution in [-0.2, 0) is 11.3 Å². The summed E-state index contributed by atoms with van der Waals surface area (Å²) >= 11 is 0. The van der Waals surface area contributed by atoms with Crippen molar-refractivity contribution in [2.24, 2.45) is 0 Å². The maximum Gasteiger partial charge on any atom is 0.163 e. The molecule has 112 valence electrons. The number of carbonyl (C=O) groups excluding carboxylic acids is 1. The largest absolute Gasteiger partial charge is 0.507 e. The summed E-state index contributed by atoms with van der Waals surface area (Å²) in [5.41, 5.74) is 0.440. The van der Waals surface area contributed by atoms with Gasteiger partial charge in [-0.05, 0) is 32.5 Å². The van der Waals surface area contributed by atoms with Gasteiger partial charge in [-0.25, -0.2) is 4.39 Å². The molecule has 0 aliphatic carbocycles. The molecule has 0 heterocycles. The van der Waals surface area contributed by atoms with Crippen molar-refractivity contribution in [3.05, 3.63) is 29.1 Å². The summed E-state index contributed by atoms with van der Waals surface area (Å²) in [5.74, 6) is -1.00. The van der Waals surface area contributed by atoms with Gasteiger partial charge in [-0.3, -0.25) is 9.69 Å². The number of benzene rings is 1. The highest BCUT2D eigenvalue weighted by molar-refractivity contribution is 5.97. The maximum atomic E-state index is 13.6. The zero-order valence-corrected chi connectivity index (χ0v) is 12.4. The molecule has 0 aromatic heterocycles. The summed E-state index contributed by atoms with van der Waals surface area (Å²) in [6, 6.07) is 2.47. The fraction of sp³-hybridized carbons (Fsp3) is 0.533. The van der Waals surface area contributed by atoms with Gasteiger partial charge in [-0.2, -0.15) is 0 Å². The van der Waals surface area contributed by atoms with Crippen molar-refractivity contribution in [3.63, 3.8) is 0 Å². The lowest BCUT2D eigenvalue weighted by molar-refractivity contribution is 0.0971. The number of likely N-dealkylation sites (N-methyl/N-ethyl adjacent to an activating group) is 1. The number of carbonyl (C=O) groups is 1. The second-order valence-corrected chi connectivity index (χ2v) is 4.88. The van der Waals surface area contributed by atoms with Crippen molar-refractivity contribution < 1.29 is 19.0 Å². The molecule has 0 radical (unpaired) electrons. The average molecular weight is 283 g/mol. The Morgan fingerprint density at radius 1 is 1.50 bits per heavy atom. The Kier molecular flexibility index (Phi) is 6.10. The van der Waals surface area contributed by atoms with E-state index in [0.717, 1.165) is 12.6 Å². The molecule has 0 amide bonds. The molecular formula is C15H22FNO3. The second-order valence-electron chi connectivity index (χ2n) is 4.88. The Hall–Kier alpha value is -1.46. The van der Waals surface area contributed by atoms with E-state index < -0.39 is 5.82 Å². The predicted molar refractivity (Wildman–Crippen MR) is 75.5 cm³/mol. The molecule has 5 heteroatoms. The molecule has 0 aliphatic heterocycles. The minimum atomic E-state index is -0.515. The topological polar surface area (TPSA) is 49.8 Å². The Labute approximate surface area is 119 Å². The molecule has 1 rings (SSSR count). The van der Waals surface area contributed by atoms with Crippen molar-refractivity contribution in [3.8, 4) is 5.75 Å². The molecule has 4 nitrogen and oxygen atoms in total. The summed E-state index contributed by atoms with van der Waals surface area (Å²) in [5, 5.41) is 10.1. The van der Waals surface area contributed by atoms with Crippen LogP contribution in [0.15, 0.2) is 12.1 Å². The molecule has 0 fully saturated rings. The van der Waals surface area contributed by atoms with Crippen LogP contribution in [0.3, 0.4) is 0 Å². The van der Waals surface area contributed by atoms with Crippen molar-refractivity contribution >= 4 is 5.78 Å². The van der Waals surface area contributed by atoms with Gasteiger partial charge in [0.25, 0.3) is 0 Å². The molecule has 20 heavy (non-hydrogen) atoms. The van der Waals surface area contributed by atoms with Gasteiger partial charge in [0.1, 0.15) is 11.6 Å². The number of methoxy groups -OCH3 is 1. The molecule has 1 unspecified atom stereocenters. The SMILES string of the molecule is CCN(Cc1cc(F)cc(C(C)=O)c1O)C(C)COC. The van der Waals surface area contributed by atoms with Crippen LogP contribution < -0.4 is 0 Å². The minimum Gasteiger partial charge on any atom is -0.507 e. The monoisotopic (exact) mass is 283 g/mol. The Bertz CT molecular complexity index is 476. The quantitative estimate of drug-likeness (QED) is 0.781. The third kappa shape index (κ3) is 4.02. The van der Waals surface area contributed by atoms with Crippen molar-refractivity contribution in [1.29, 1.82) is 0 Å². The highest BCUT2D eigenvalue weighted by Crippen LogP contribution is 2.26. The summed E-state index contributed by atoms with van der Waals surface area (Å²) in [6.45, 7) is 6.93. The number of halogens is 1. The van der Waals surface area contributed by atoms with Crippen molar-refractivity contribution in [2.45, 2.75) is 33.4 Å². The van der Waals surface area contributed by atoms with E-state index in [4.69, 9.17) is 4.74 Å². The lowest BCUT2D eigenvalue weighted by Gasteiger charge is -2.27. The van der Waals surface area contributed by atoms with E-state index in [1.807, 2.05) is 18.7 Å². The third-order valence-electron chi connectivity index (χ3n) is 3.34. The molecule has 0 spiro atoms. The first-order valence-electron chi connectivity index (χ1n) is 6.66. The second kappa shape index (κ2) is 7.36. The molecule has 1 N–H and O–H groups in total. The molecule has 0 saturated heterocycles. The van der Waals surface area contributed by atoms with E-state index in [1.165, 1.54) is 13.0 Å². The number of phenolic OH excluding ortho intramolecular Hbond substituents is 1. The van der Waals surface area contributed by atoms with Crippen LogP contribution >= 0.6 is 0 Å². The maximum absolute atomic E-state index is 13.6. The van der Waals surface area contributed by atoms with Crippen molar-refractivity contribution in [1.82, 2.24) is 4.90 Å². The smallest absolute Gasteiger partial charge is 0.163 e. The lowest BCUT2D eigenvalue weighted by atomic mass is 10.0. The van der Waals surface area contributed by atoms with Crippen LogP contribution in [0.5, 0.6) is 5.75 Å². The van der Waals surface area contributed by atoms with Gasteiger partial charge in [-0.15, -0.1) is 0 Å². The van der Waals surface area contributed by atoms with Gasteiger partial charge in [0.2, 0.25) is 0 Å². The Morgan fingerprint density at radius 2 is 2.15 bits per heavy atom. The Balaban J connectivity index is 3.04. The van der Waals surface area contributed by atoms with Crippen LogP contribution in [0.2, 0.25) is 0 Å². The van der Waals surface area contributed by atoms with Crippen LogP contribution in [0, 0.1) is 5.82 Å². The van der Waals surface area contributed by atoms with E-state index in [1.54, 1.807) is 7.11 Å². The summed E-state index contributed by atoms with van der Waals surface area (Å²) in [6.07, 6.45) is 0. The number of ether oxygens (including phenoxy) is 1. The highest BCUT2D eigenvalue weighted by Gasteiger charge is 2.18. The standard InChI is InChI=1S/C15H22FNO3/c1-5-17(10(2)9-20-4)8-12-6-13(16)7-14(11(3)18)15(12)19/h6-7,10,19H,5,8-9H2,1-4H3. The first-order chi connectivity index (χ1) is 9.40. The molecule has 0 saturated carbocycles. The molecule has 1 aromatic rings. The number of hydrogen-bond acceptors (Lipinski definition) is 4. The Morgan fingerprint density at radius 3 is 2.65 bits per heavy atom. The summed E-state index contributed by atoms with van der Waals surface area (Å²) in [7, 11) is 1.62. The molecule has 1 atom stereocenters. The summed E-state index contributed by atoms with van der Waals surface area (Å²) < 4.78 is 18.7. The van der Waals surface area contributed by atoms with Gasteiger partial charge in [0, 0.05) is 25.3 Å². The normalized spacial score (nSPS) is 12.7. The van der Waals surface area contributed by atoms with Crippen LogP contribution in [0.1, 0.15) is 36.7 Å². The number of Topliss-reactive ketones (excluding diaryl/α,β-unsaturated/α-hetero) is 1. The molecule has 0 aliphatic rings. The van der Waals surface area contributed by atoms with E-state index in [0.29, 0.717) is 18.7 Å². The van der Waals surface area contributed by atoms with Gasteiger partial charge in [0.15, 0.2) is 5.78 Å². The van der Waals surface area contributed by atoms with E-state index in [-0.39, 0.29) is 23.1 Å². The van der Waals surface area contributed by atoms with E-state index >= 15 is 0 Å². The molecule has 0 bridgehead atoms. The van der Waals surface area contributed by atoms with Crippen LogP contribution in [0.25, 0.3) is 0 Å². The first kappa shape index (κ1) is 16.6. The van der Waals surface area contributed by atoms with Crippen LogP contribution in [0.4, 0.5) is 4.39 Å². The lowest BCUT2D eigenvalue weighted by Crippen LogP contribution is -2.35. The van der Waals surface area contributed by atoms with Gasteiger partial charge < -0.3 is 9.84 Å². The number of aromatic hydroxyl groups is 1. The van der Waals surface area contributed by atoms with Gasteiger partial charge >= 0.3 is 0 Å². The van der Waals surface area contributed by atoms with E-state index in [2.05, 4.69) is 0 Å². The minimum absolute atomic E-state index is 0.0236. The average Bonchev–Trinajstić information content (AvgIpc) is 2.39. The number of rotatable bonds is 7. The fourth-order valence-electron chi connectivity index (χ4n) is 2.19. The summed E-state index contributed by atoms with van der Waals surface area (Å²) in [4.78, 5) is 13.4. The van der Waals surface area contributed by atoms with Crippen molar-refractivity contribution in [2.75, 3.05) is 20.3 Å². The highest BCUT2D eigenvalue weighted by atomic mass is 19.1. The third-order valence-corrected chi connectivity index (χ3v) is 3.34. The first-order valence-corrected chi connectivity index (χ1v) is 6.66. The number of phenols is 1. The fourth-order valence-corrected chi connectivity index (χ4v) is 2.19. The van der Waals surface area contributed by atoms with Gasteiger partial charge in [-0.1, -0.05) is 6.92 Å². The number of nitrogens with zero attached hydrogens (tertiary/aromatic N) is 1. The zero-order chi connectivity index (χ0) is 15.3. The predicted octanol–water partition coefficient (Wildman–Crippen LogP) is 2.59. The zero-order valence-electron chi connectivity index (χ0n) is 12.4. The molecular weight excluding hydrogens is 261 g/mol. The number of ketones is 1. The molecule has 1 aromatic carbocycles. The van der Waals surface area contributed by atoms with Crippen LogP contribution in [-0.4, -0.2) is 42.1 Å². The number of hydrogen-bond donors (Lipinski definition) is 1.